The predicted octanol–water partition coefficient (Wildman–Crippen LogP) is 1.67. The Morgan fingerprint density at radius 3 is 2.67 bits per heavy atom. The monoisotopic (exact) mass is 372 g/mol. The van der Waals surface area contributed by atoms with Crippen LogP contribution in [0.25, 0.3) is 16.5 Å². The molecule has 0 bridgehead atoms. The molecule has 144 valence electrons. The maximum absolute atomic E-state index is 14.9. The maximum atomic E-state index is 14.9. The normalized spacial score (nSPS) is 17.7. The van der Waals surface area contributed by atoms with Gasteiger partial charge in [-0.25, -0.2) is 15.2 Å². The molecule has 7 nitrogen and oxygen atoms in total. The van der Waals surface area contributed by atoms with Crippen LogP contribution in [0.15, 0.2) is 36.7 Å². The third kappa shape index (κ3) is 4.01. The van der Waals surface area contributed by atoms with E-state index in [1.54, 1.807) is 19.3 Å². The van der Waals surface area contributed by atoms with Crippen LogP contribution in [0.5, 0.6) is 0 Å². The zero-order valence-electron chi connectivity index (χ0n) is 15.6. The van der Waals surface area contributed by atoms with E-state index in [1.807, 2.05) is 30.1 Å². The number of benzene rings is 1. The lowest BCUT2D eigenvalue weighted by atomic mass is 9.92. The zero-order chi connectivity index (χ0) is 19.6. The average molecular weight is 372 g/mol. The maximum Gasteiger partial charge on any atom is 0.263 e. The van der Waals surface area contributed by atoms with E-state index >= 15 is 0 Å². The van der Waals surface area contributed by atoms with Crippen molar-refractivity contribution in [1.29, 1.82) is 0 Å². The van der Waals surface area contributed by atoms with E-state index in [0.29, 0.717) is 24.6 Å². The molecular formula is C19H25FN6O. The molecule has 1 amide bonds. The number of piperidine rings is 1. The van der Waals surface area contributed by atoms with Gasteiger partial charge < -0.3 is 21.0 Å². The number of nitrogens with one attached hydrogen (secondary N) is 1. The smallest absolute Gasteiger partial charge is 0.263 e. The summed E-state index contributed by atoms with van der Waals surface area (Å²) in [6.07, 6.45) is 3.44. The van der Waals surface area contributed by atoms with Gasteiger partial charge in [0.1, 0.15) is 5.82 Å². The molecule has 1 saturated heterocycles. The number of pyridine rings is 1. The van der Waals surface area contributed by atoms with Crippen molar-refractivity contribution in [1.82, 2.24) is 14.9 Å². The molecular weight excluding hydrogens is 347 g/mol. The fourth-order valence-electron chi connectivity index (χ4n) is 3.21. The summed E-state index contributed by atoms with van der Waals surface area (Å²) in [5.74, 6) is 5.48. The highest BCUT2D eigenvalue weighted by atomic mass is 19.1. The highest BCUT2D eigenvalue weighted by molar-refractivity contribution is 5.98. The second-order valence-corrected chi connectivity index (χ2v) is 7.02. The Balaban J connectivity index is 1.84. The van der Waals surface area contributed by atoms with Gasteiger partial charge in [0, 0.05) is 56.3 Å². The third-order valence-electron chi connectivity index (χ3n) is 4.98. The molecule has 1 aliphatic rings. The number of fused-ring (bicyclic) bond motifs is 1. The first-order chi connectivity index (χ1) is 12.8. The Hall–Kier alpha value is -2.71. The predicted molar refractivity (Wildman–Crippen MR) is 105 cm³/mol. The number of anilines is 1. The lowest BCUT2D eigenvalue weighted by molar-refractivity contribution is -0.130. The van der Waals surface area contributed by atoms with Gasteiger partial charge in [-0.15, -0.1) is 0 Å². The summed E-state index contributed by atoms with van der Waals surface area (Å²) in [6.45, 7) is 1.11. The Morgan fingerprint density at radius 2 is 2.04 bits per heavy atom. The van der Waals surface area contributed by atoms with Crippen LogP contribution in [0.4, 0.5) is 10.2 Å². The number of alkyl halides is 1. The van der Waals surface area contributed by atoms with Crippen molar-refractivity contribution in [2.45, 2.75) is 18.5 Å². The van der Waals surface area contributed by atoms with Crippen LogP contribution in [0.1, 0.15) is 18.4 Å². The van der Waals surface area contributed by atoms with Crippen molar-refractivity contribution in [3.63, 3.8) is 0 Å². The molecule has 0 saturated carbocycles. The molecule has 0 atom stereocenters. The summed E-state index contributed by atoms with van der Waals surface area (Å²) in [7, 11) is 3.62. The number of hydrogen-bond acceptors (Lipinski definition) is 6. The van der Waals surface area contributed by atoms with Gasteiger partial charge >= 0.3 is 0 Å². The quantitative estimate of drug-likeness (QED) is 0.558. The average Bonchev–Trinajstić information content (AvgIpc) is 2.64. The van der Waals surface area contributed by atoms with Gasteiger partial charge in [-0.05, 0) is 24.6 Å². The van der Waals surface area contributed by atoms with Crippen molar-refractivity contribution in [3.8, 4) is 0 Å². The van der Waals surface area contributed by atoms with Crippen LogP contribution < -0.4 is 16.9 Å². The van der Waals surface area contributed by atoms with E-state index in [9.17, 15) is 9.18 Å². The number of rotatable bonds is 4. The summed E-state index contributed by atoms with van der Waals surface area (Å²) in [6, 6.07) is 7.40. The van der Waals surface area contributed by atoms with E-state index in [-0.39, 0.29) is 12.8 Å². The molecule has 27 heavy (non-hydrogen) atoms. The van der Waals surface area contributed by atoms with Gasteiger partial charge in [0.05, 0.1) is 5.70 Å². The minimum absolute atomic E-state index is 0.181. The van der Waals surface area contributed by atoms with Crippen LogP contribution in [-0.4, -0.2) is 53.7 Å². The van der Waals surface area contributed by atoms with Gasteiger partial charge in [-0.2, -0.15) is 0 Å². The van der Waals surface area contributed by atoms with E-state index in [1.165, 1.54) is 11.2 Å². The number of carbonyl (C=O) groups excluding carboxylic acids is 1. The molecule has 8 heteroatoms. The Kier molecular flexibility index (Phi) is 5.29. The van der Waals surface area contributed by atoms with Gasteiger partial charge in [-0.1, -0.05) is 12.1 Å². The standard InChI is InChI=1S/C19H25FN6O/c1-25-7-5-19(20,6-8-25)18(27)24-17-10-15-9-13(16(11-21)26(2)22)3-4-14(15)12-23-17/h3-4,9-12H,5-8,21-22H2,1-2H3,(H,23,24,27)/b16-11-. The Labute approximate surface area is 157 Å². The van der Waals surface area contributed by atoms with Gasteiger partial charge in [-0.3, -0.25) is 4.79 Å². The van der Waals surface area contributed by atoms with Crippen molar-refractivity contribution >= 4 is 28.2 Å². The molecule has 0 unspecified atom stereocenters. The van der Waals surface area contributed by atoms with E-state index in [2.05, 4.69) is 10.3 Å². The molecule has 0 spiro atoms. The lowest BCUT2D eigenvalue weighted by Gasteiger charge is -2.33. The van der Waals surface area contributed by atoms with Crippen molar-refractivity contribution in [2.24, 2.45) is 11.6 Å². The fraction of sp³-hybridized carbons (Fsp3) is 0.368. The van der Waals surface area contributed by atoms with Gasteiger partial charge in [0.25, 0.3) is 5.91 Å². The molecule has 1 aliphatic heterocycles. The van der Waals surface area contributed by atoms with Crippen LogP contribution in [0, 0.1) is 0 Å². The minimum Gasteiger partial charge on any atom is -0.403 e. The van der Waals surface area contributed by atoms with Crippen molar-refractivity contribution < 1.29 is 9.18 Å². The molecule has 2 heterocycles. The van der Waals surface area contributed by atoms with Crippen LogP contribution in [-0.2, 0) is 4.79 Å². The number of carbonyl (C=O) groups is 1. The van der Waals surface area contributed by atoms with E-state index in [4.69, 9.17) is 11.6 Å². The topological polar surface area (TPSA) is 101 Å². The highest BCUT2D eigenvalue weighted by Crippen LogP contribution is 2.28. The van der Waals surface area contributed by atoms with E-state index in [0.717, 1.165) is 16.3 Å². The number of likely N-dealkylation sites (tertiary alicyclic amines) is 1. The first-order valence-corrected chi connectivity index (χ1v) is 8.82. The van der Waals surface area contributed by atoms with Gasteiger partial charge in [0.2, 0.25) is 0 Å². The highest BCUT2D eigenvalue weighted by Gasteiger charge is 2.41. The van der Waals surface area contributed by atoms with Crippen molar-refractivity contribution in [3.05, 3.63) is 42.2 Å². The molecule has 1 fully saturated rings. The van der Waals surface area contributed by atoms with Crippen LogP contribution >= 0.6 is 0 Å². The van der Waals surface area contributed by atoms with E-state index < -0.39 is 11.6 Å². The first-order valence-electron chi connectivity index (χ1n) is 8.82. The Bertz CT molecular complexity index is 874. The SMILES string of the molecule is CN1CCC(F)(C(=O)Nc2cc3cc(/C(=C/N)N(C)N)ccc3cn2)CC1. The van der Waals surface area contributed by atoms with Crippen molar-refractivity contribution in [2.75, 3.05) is 32.5 Å². The second-order valence-electron chi connectivity index (χ2n) is 7.02. The number of hydrazine groups is 1. The molecule has 0 aliphatic carbocycles. The molecule has 5 N–H and O–H groups in total. The summed E-state index contributed by atoms with van der Waals surface area (Å²) in [4.78, 5) is 18.7. The second kappa shape index (κ2) is 7.50. The van der Waals surface area contributed by atoms with Crippen LogP contribution in [0.3, 0.4) is 0 Å². The number of halogens is 1. The molecule has 1 aromatic heterocycles. The fourth-order valence-corrected chi connectivity index (χ4v) is 3.21. The molecule has 1 aromatic carbocycles. The Morgan fingerprint density at radius 1 is 1.33 bits per heavy atom. The number of hydrogen-bond donors (Lipinski definition) is 3. The molecule has 0 radical (unpaired) electrons. The summed E-state index contributed by atoms with van der Waals surface area (Å²) < 4.78 is 14.9. The minimum atomic E-state index is -1.86. The molecule has 3 rings (SSSR count). The number of nitrogens with zero attached hydrogens (tertiary/aromatic N) is 3. The summed E-state index contributed by atoms with van der Waals surface area (Å²) in [5.41, 5.74) is 5.29. The largest absolute Gasteiger partial charge is 0.403 e. The molecule has 2 aromatic rings. The third-order valence-corrected chi connectivity index (χ3v) is 4.98. The summed E-state index contributed by atoms with van der Waals surface area (Å²) in [5, 5.41) is 5.79. The number of amides is 1. The van der Waals surface area contributed by atoms with Gasteiger partial charge in [0.15, 0.2) is 5.67 Å². The number of nitrogens with two attached hydrogens (primary N) is 2. The number of aromatic nitrogens is 1. The van der Waals surface area contributed by atoms with Crippen LogP contribution in [0.2, 0.25) is 0 Å². The summed E-state index contributed by atoms with van der Waals surface area (Å²) >= 11 is 0. The first kappa shape index (κ1) is 19.1. The zero-order valence-corrected chi connectivity index (χ0v) is 15.6. The lowest BCUT2D eigenvalue weighted by Crippen LogP contribution is -2.47.